The molecule has 0 saturated heterocycles. The van der Waals surface area contributed by atoms with Gasteiger partial charge in [-0.3, -0.25) is 9.59 Å². The molecule has 0 unspecified atom stereocenters. The maximum absolute atomic E-state index is 12.5. The van der Waals surface area contributed by atoms with Gasteiger partial charge >= 0.3 is 24.2 Å². The van der Waals surface area contributed by atoms with E-state index in [9.17, 15) is 19.2 Å². The number of hydrogen-bond acceptors (Lipinski definition) is 11. The van der Waals surface area contributed by atoms with Crippen LogP contribution in [-0.4, -0.2) is 56.2 Å². The lowest BCUT2D eigenvalue weighted by atomic mass is 10.1. The van der Waals surface area contributed by atoms with E-state index >= 15 is 0 Å². The summed E-state index contributed by atoms with van der Waals surface area (Å²) in [4.78, 5) is 48.6. The van der Waals surface area contributed by atoms with Gasteiger partial charge in [0.1, 0.15) is 18.8 Å². The van der Waals surface area contributed by atoms with E-state index in [0.29, 0.717) is 30.2 Å². The highest BCUT2D eigenvalue weighted by Crippen LogP contribution is 2.30. The molecule has 0 aromatic heterocycles. The van der Waals surface area contributed by atoms with Crippen LogP contribution in [0.4, 0.5) is 9.59 Å². The molecule has 0 bridgehead atoms. The van der Waals surface area contributed by atoms with Crippen molar-refractivity contribution in [3.63, 3.8) is 0 Å². The second-order valence-corrected chi connectivity index (χ2v) is 10.9. The molecule has 2 N–H and O–H groups in total. The summed E-state index contributed by atoms with van der Waals surface area (Å²) in [7, 11) is 0. The van der Waals surface area contributed by atoms with Crippen molar-refractivity contribution in [2.75, 3.05) is 19.8 Å². The second kappa shape index (κ2) is 18.1. The van der Waals surface area contributed by atoms with Crippen molar-refractivity contribution in [1.29, 1.82) is 0 Å². The van der Waals surface area contributed by atoms with Gasteiger partial charge in [-0.1, -0.05) is 47.6 Å². The van der Waals surface area contributed by atoms with Crippen molar-refractivity contribution in [2.45, 2.75) is 86.3 Å². The quantitative estimate of drug-likeness (QED) is 0.159. The standard InChI is InChI=1S/C29H45NO10/c1-18(2)10-12-35-28(33)39-24-9-8-22(16-25(24)40-29(34)36-13-11-19(3)4)15-23(30)27(32)38-21(7)17-37-26(31)14-20(5)6/h8-9,16,18-21,23H,10-15,17,30H2,1-7H3/t21-,23-/m0/s1. The number of ether oxygens (including phenoxy) is 6. The zero-order chi connectivity index (χ0) is 30.2. The lowest BCUT2D eigenvalue weighted by molar-refractivity contribution is -0.159. The zero-order valence-electron chi connectivity index (χ0n) is 24.7. The number of rotatable bonds is 16. The molecule has 0 aliphatic carbocycles. The predicted octanol–water partition coefficient (Wildman–Crippen LogP) is 5.20. The van der Waals surface area contributed by atoms with Gasteiger partial charge in [-0.25, -0.2) is 9.59 Å². The molecule has 1 aromatic rings. The molecule has 0 spiro atoms. The first-order valence-corrected chi connectivity index (χ1v) is 13.7. The summed E-state index contributed by atoms with van der Waals surface area (Å²) in [5.41, 5.74) is 6.55. The van der Waals surface area contributed by atoms with E-state index in [1.165, 1.54) is 12.1 Å². The maximum Gasteiger partial charge on any atom is 0.513 e. The van der Waals surface area contributed by atoms with Crippen molar-refractivity contribution < 1.29 is 47.6 Å². The Balaban J connectivity index is 2.86. The lowest BCUT2D eigenvalue weighted by Gasteiger charge is -2.18. The third kappa shape index (κ3) is 15.3. The SMILES string of the molecule is CC(C)CCOC(=O)Oc1ccc(C[C@H](N)C(=O)O[C@@H](C)COC(=O)CC(C)C)cc1OC(=O)OCCC(C)C. The summed E-state index contributed by atoms with van der Waals surface area (Å²) in [5, 5.41) is 0. The third-order valence-electron chi connectivity index (χ3n) is 5.35. The number of nitrogens with two attached hydrogens (primary N) is 1. The summed E-state index contributed by atoms with van der Waals surface area (Å²) in [6, 6.07) is 3.33. The zero-order valence-corrected chi connectivity index (χ0v) is 24.7. The fourth-order valence-electron chi connectivity index (χ4n) is 3.10. The Labute approximate surface area is 236 Å². The predicted molar refractivity (Wildman–Crippen MR) is 147 cm³/mol. The van der Waals surface area contributed by atoms with E-state index in [0.717, 1.165) is 0 Å². The Kier molecular flexibility index (Phi) is 15.7. The van der Waals surface area contributed by atoms with Gasteiger partial charge in [-0.2, -0.15) is 0 Å². The minimum absolute atomic E-state index is 0.0244. The van der Waals surface area contributed by atoms with Gasteiger partial charge in [-0.05, 0) is 61.6 Å². The highest BCUT2D eigenvalue weighted by Gasteiger charge is 2.22. The van der Waals surface area contributed by atoms with Crippen LogP contribution in [0.1, 0.15) is 73.3 Å². The molecular weight excluding hydrogens is 522 g/mol. The van der Waals surface area contributed by atoms with Crippen LogP contribution >= 0.6 is 0 Å². The normalized spacial score (nSPS) is 12.6. The van der Waals surface area contributed by atoms with Gasteiger partial charge in [-0.15, -0.1) is 0 Å². The van der Waals surface area contributed by atoms with Gasteiger partial charge in [0.25, 0.3) is 0 Å². The molecular formula is C29H45NO10. The fraction of sp³-hybridized carbons (Fsp3) is 0.655. The van der Waals surface area contributed by atoms with Gasteiger partial charge in [0.2, 0.25) is 0 Å². The van der Waals surface area contributed by atoms with E-state index in [1.807, 2.05) is 41.5 Å². The van der Waals surface area contributed by atoms with Crippen LogP contribution in [0.2, 0.25) is 0 Å². The Hall–Kier alpha value is -3.34. The summed E-state index contributed by atoms with van der Waals surface area (Å²) in [6.45, 7) is 13.6. The molecule has 0 aliphatic rings. The van der Waals surface area contributed by atoms with Crippen LogP contribution in [0.5, 0.6) is 11.5 Å². The molecule has 1 rings (SSSR count). The monoisotopic (exact) mass is 567 g/mol. The highest BCUT2D eigenvalue weighted by atomic mass is 16.7. The molecule has 11 heteroatoms. The Bertz CT molecular complexity index is 960. The lowest BCUT2D eigenvalue weighted by Crippen LogP contribution is -2.37. The van der Waals surface area contributed by atoms with Crippen molar-refractivity contribution in [1.82, 2.24) is 0 Å². The van der Waals surface area contributed by atoms with Gasteiger partial charge < -0.3 is 34.2 Å². The molecule has 226 valence electrons. The molecule has 0 radical (unpaired) electrons. The minimum Gasteiger partial charge on any atom is -0.462 e. The van der Waals surface area contributed by atoms with E-state index in [4.69, 9.17) is 34.2 Å². The Morgan fingerprint density at radius 3 is 1.82 bits per heavy atom. The maximum atomic E-state index is 12.5. The number of benzene rings is 1. The molecule has 11 nitrogen and oxygen atoms in total. The van der Waals surface area contributed by atoms with Gasteiger partial charge in [0.15, 0.2) is 11.5 Å². The first-order valence-electron chi connectivity index (χ1n) is 13.7. The van der Waals surface area contributed by atoms with Crippen molar-refractivity contribution in [3.8, 4) is 11.5 Å². The van der Waals surface area contributed by atoms with Crippen LogP contribution in [0.15, 0.2) is 18.2 Å². The van der Waals surface area contributed by atoms with Gasteiger partial charge in [0, 0.05) is 6.42 Å². The van der Waals surface area contributed by atoms with Gasteiger partial charge in [0.05, 0.1) is 13.2 Å². The van der Waals surface area contributed by atoms with Crippen LogP contribution in [0, 0.1) is 17.8 Å². The highest BCUT2D eigenvalue weighted by molar-refractivity contribution is 5.76. The molecule has 40 heavy (non-hydrogen) atoms. The number of carbonyl (C=O) groups excluding carboxylic acids is 4. The number of carbonyl (C=O) groups is 4. The molecule has 1 aromatic carbocycles. The molecule has 0 heterocycles. The summed E-state index contributed by atoms with van der Waals surface area (Å²) >= 11 is 0. The first-order chi connectivity index (χ1) is 18.8. The molecule has 0 saturated carbocycles. The molecule has 0 fully saturated rings. The fourth-order valence-corrected chi connectivity index (χ4v) is 3.10. The summed E-state index contributed by atoms with van der Waals surface area (Å²) < 4.78 is 31.1. The van der Waals surface area contributed by atoms with Crippen molar-refractivity contribution >= 4 is 24.2 Å². The van der Waals surface area contributed by atoms with Crippen LogP contribution in [0.3, 0.4) is 0 Å². The Morgan fingerprint density at radius 2 is 1.30 bits per heavy atom. The van der Waals surface area contributed by atoms with Crippen LogP contribution < -0.4 is 15.2 Å². The molecule has 0 amide bonds. The largest absolute Gasteiger partial charge is 0.513 e. The van der Waals surface area contributed by atoms with E-state index in [2.05, 4.69) is 0 Å². The average Bonchev–Trinajstić information content (AvgIpc) is 2.83. The Morgan fingerprint density at radius 1 is 0.750 bits per heavy atom. The van der Waals surface area contributed by atoms with E-state index in [-0.39, 0.29) is 56.0 Å². The van der Waals surface area contributed by atoms with E-state index < -0.39 is 30.4 Å². The number of hydrogen-bond donors (Lipinski definition) is 1. The van der Waals surface area contributed by atoms with Crippen molar-refractivity contribution in [2.24, 2.45) is 23.5 Å². The summed E-state index contributed by atoms with van der Waals surface area (Å²) in [5.74, 6) is -0.412. The second-order valence-electron chi connectivity index (χ2n) is 10.9. The summed E-state index contributed by atoms with van der Waals surface area (Å²) in [6.07, 6.45) is -1.01. The molecule has 0 aliphatic heterocycles. The van der Waals surface area contributed by atoms with Crippen LogP contribution in [0.25, 0.3) is 0 Å². The smallest absolute Gasteiger partial charge is 0.462 e. The van der Waals surface area contributed by atoms with Crippen LogP contribution in [-0.2, 0) is 35.0 Å². The third-order valence-corrected chi connectivity index (χ3v) is 5.35. The first kappa shape index (κ1) is 34.7. The van der Waals surface area contributed by atoms with E-state index in [1.54, 1.807) is 13.0 Å². The van der Waals surface area contributed by atoms with Crippen molar-refractivity contribution in [3.05, 3.63) is 23.8 Å². The minimum atomic E-state index is -1.06. The molecule has 2 atom stereocenters. The topological polar surface area (TPSA) is 150 Å². The number of esters is 2. The average molecular weight is 568 g/mol.